The summed E-state index contributed by atoms with van der Waals surface area (Å²) in [7, 11) is 0. The maximum Gasteiger partial charge on any atom is 0.452 e. The molecule has 1 atom stereocenters. The average Bonchev–Trinajstić information content (AvgIpc) is 2.82. The highest BCUT2D eigenvalue weighted by Gasteiger charge is 2.44. The maximum absolute atomic E-state index is 12.3. The van der Waals surface area contributed by atoms with Gasteiger partial charge in [0.15, 0.2) is 6.07 Å². The largest absolute Gasteiger partial charge is 0.452 e. The van der Waals surface area contributed by atoms with Crippen molar-refractivity contribution in [2.24, 2.45) is 0 Å². The van der Waals surface area contributed by atoms with E-state index in [0.717, 1.165) is 0 Å². The summed E-state index contributed by atoms with van der Waals surface area (Å²) in [4.78, 5) is 2.83. The second-order valence-electron chi connectivity index (χ2n) is 4.23. The number of hydrogen-bond acceptors (Lipinski definition) is 3. The van der Waals surface area contributed by atoms with Crippen molar-refractivity contribution in [1.29, 1.82) is 5.26 Å². The fraction of sp³-hybridized carbons (Fsp3) is 0.545. The zero-order chi connectivity index (χ0) is 16.3. The lowest BCUT2D eigenvalue weighted by molar-refractivity contribution is -0.155. The SMILES string of the molecule is [C-]#[N+]C(C#N)(CCC(F)(F)F)Cc1cc(C(F)(F)F)on1. The average molecular weight is 311 g/mol. The summed E-state index contributed by atoms with van der Waals surface area (Å²) in [6.07, 6.45) is -12.3. The number of hydrogen-bond donors (Lipinski definition) is 0. The lowest BCUT2D eigenvalue weighted by Crippen LogP contribution is -2.28. The first-order chi connectivity index (χ1) is 9.51. The molecule has 0 bridgehead atoms. The van der Waals surface area contributed by atoms with Crippen LogP contribution in [0, 0.1) is 17.9 Å². The van der Waals surface area contributed by atoms with Crippen molar-refractivity contribution in [1.82, 2.24) is 5.16 Å². The van der Waals surface area contributed by atoms with Crippen LogP contribution in [0.5, 0.6) is 0 Å². The zero-order valence-corrected chi connectivity index (χ0v) is 10.2. The van der Waals surface area contributed by atoms with Crippen molar-refractivity contribution in [3.05, 3.63) is 28.9 Å². The van der Waals surface area contributed by atoms with Crippen molar-refractivity contribution in [2.45, 2.75) is 37.2 Å². The summed E-state index contributed by atoms with van der Waals surface area (Å²) in [5.74, 6) is -1.44. The molecule has 0 fully saturated rings. The normalized spacial score (nSPS) is 15.0. The molecule has 0 saturated carbocycles. The molecule has 0 aliphatic rings. The summed E-state index contributed by atoms with van der Waals surface area (Å²) in [6.45, 7) is 6.85. The van der Waals surface area contributed by atoms with Crippen LogP contribution in [0.15, 0.2) is 10.6 Å². The minimum absolute atomic E-state index is 0.401. The third kappa shape index (κ3) is 4.67. The summed E-state index contributed by atoms with van der Waals surface area (Å²) in [5.41, 5.74) is -2.53. The minimum Gasteiger partial charge on any atom is -0.351 e. The van der Waals surface area contributed by atoms with Gasteiger partial charge in [0.25, 0.3) is 0 Å². The maximum atomic E-state index is 12.3. The van der Waals surface area contributed by atoms with E-state index in [1.165, 1.54) is 6.07 Å². The van der Waals surface area contributed by atoms with Crippen molar-refractivity contribution in [2.75, 3.05) is 0 Å². The van der Waals surface area contributed by atoms with Crippen molar-refractivity contribution in [3.8, 4) is 6.07 Å². The Bertz CT molecular complexity index is 560. The molecule has 0 saturated heterocycles. The number of halogens is 6. The Labute approximate surface area is 114 Å². The van der Waals surface area contributed by atoms with E-state index in [2.05, 4.69) is 14.5 Å². The first-order valence-electron chi connectivity index (χ1n) is 5.41. The van der Waals surface area contributed by atoms with E-state index >= 15 is 0 Å². The highest BCUT2D eigenvalue weighted by atomic mass is 19.4. The molecule has 1 heterocycles. The molecule has 10 heteroatoms. The van der Waals surface area contributed by atoms with Crippen molar-refractivity contribution < 1.29 is 30.9 Å². The van der Waals surface area contributed by atoms with Crippen LogP contribution in [0.25, 0.3) is 4.85 Å². The number of alkyl halides is 6. The van der Waals surface area contributed by atoms with E-state index in [9.17, 15) is 26.3 Å². The Hall–Kier alpha value is -2.23. The van der Waals surface area contributed by atoms with Gasteiger partial charge in [0, 0.05) is 12.5 Å². The van der Waals surface area contributed by atoms with Gasteiger partial charge in [0.1, 0.15) is 0 Å². The van der Waals surface area contributed by atoms with Gasteiger partial charge in [-0.1, -0.05) is 5.16 Å². The number of aromatic nitrogens is 1. The van der Waals surface area contributed by atoms with Gasteiger partial charge in [-0.2, -0.15) is 31.6 Å². The number of nitriles is 1. The molecule has 0 N–H and O–H groups in total. The van der Waals surface area contributed by atoms with E-state index in [4.69, 9.17) is 11.8 Å². The van der Waals surface area contributed by atoms with Gasteiger partial charge in [-0.05, 0) is 0 Å². The molecule has 1 rings (SSSR count). The highest BCUT2D eigenvalue weighted by Crippen LogP contribution is 2.33. The molecule has 0 radical (unpaired) electrons. The fourth-order valence-corrected chi connectivity index (χ4v) is 1.48. The molecular weight excluding hydrogens is 304 g/mol. The quantitative estimate of drug-likeness (QED) is 0.628. The Kier molecular flexibility index (Phi) is 4.52. The van der Waals surface area contributed by atoms with E-state index in [0.29, 0.717) is 6.07 Å². The van der Waals surface area contributed by atoms with Crippen LogP contribution >= 0.6 is 0 Å². The molecule has 21 heavy (non-hydrogen) atoms. The van der Waals surface area contributed by atoms with Gasteiger partial charge in [0.2, 0.25) is 5.76 Å². The summed E-state index contributed by atoms with van der Waals surface area (Å²) in [5, 5.41) is 11.9. The van der Waals surface area contributed by atoms with Crippen molar-refractivity contribution >= 4 is 0 Å². The Morgan fingerprint density at radius 1 is 1.24 bits per heavy atom. The zero-order valence-electron chi connectivity index (χ0n) is 10.2. The predicted molar refractivity (Wildman–Crippen MR) is 55.4 cm³/mol. The molecular formula is C11H7F6N3O. The molecule has 0 aromatic carbocycles. The standard InChI is InChI=1S/C11H7F6N3O/c1-19-9(6-18,2-3-10(12,13)14)5-7-4-8(21-20-7)11(15,16)17/h4H,2-3,5H2. The van der Waals surface area contributed by atoms with Gasteiger partial charge in [0.05, 0.1) is 18.5 Å². The molecule has 1 aromatic heterocycles. The lowest BCUT2D eigenvalue weighted by Gasteiger charge is -2.14. The lowest BCUT2D eigenvalue weighted by atomic mass is 9.90. The van der Waals surface area contributed by atoms with Crippen LogP contribution in [-0.4, -0.2) is 16.9 Å². The van der Waals surface area contributed by atoms with Crippen LogP contribution in [-0.2, 0) is 12.6 Å². The third-order valence-electron chi connectivity index (χ3n) is 2.56. The minimum atomic E-state index is -4.80. The molecule has 0 aliphatic heterocycles. The van der Waals surface area contributed by atoms with Crippen LogP contribution in [0.2, 0.25) is 0 Å². The first-order valence-corrected chi connectivity index (χ1v) is 5.41. The van der Waals surface area contributed by atoms with E-state index < -0.39 is 48.6 Å². The number of nitrogens with zero attached hydrogens (tertiary/aromatic N) is 3. The van der Waals surface area contributed by atoms with Crippen LogP contribution in [0.1, 0.15) is 24.3 Å². The second-order valence-corrected chi connectivity index (χ2v) is 4.23. The van der Waals surface area contributed by atoms with Gasteiger partial charge < -0.3 is 4.52 Å². The van der Waals surface area contributed by atoms with Crippen LogP contribution in [0.4, 0.5) is 26.3 Å². The van der Waals surface area contributed by atoms with E-state index in [-0.39, 0.29) is 0 Å². The van der Waals surface area contributed by atoms with Gasteiger partial charge in [-0.3, -0.25) is 4.85 Å². The predicted octanol–water partition coefficient (Wildman–Crippen LogP) is 3.76. The van der Waals surface area contributed by atoms with Crippen LogP contribution < -0.4 is 0 Å². The summed E-state index contributed by atoms with van der Waals surface area (Å²) < 4.78 is 77.4. The van der Waals surface area contributed by atoms with Gasteiger partial charge >= 0.3 is 17.9 Å². The van der Waals surface area contributed by atoms with Gasteiger partial charge in [-0.15, -0.1) is 0 Å². The Balaban J connectivity index is 2.92. The molecule has 4 nitrogen and oxygen atoms in total. The fourth-order valence-electron chi connectivity index (χ4n) is 1.48. The van der Waals surface area contributed by atoms with Crippen molar-refractivity contribution in [3.63, 3.8) is 0 Å². The molecule has 1 aromatic rings. The molecule has 0 amide bonds. The molecule has 1 unspecified atom stereocenters. The van der Waals surface area contributed by atoms with E-state index in [1.54, 1.807) is 0 Å². The first kappa shape index (κ1) is 16.8. The smallest absolute Gasteiger partial charge is 0.351 e. The topological polar surface area (TPSA) is 54.2 Å². The highest BCUT2D eigenvalue weighted by molar-refractivity contribution is 5.22. The van der Waals surface area contributed by atoms with Crippen LogP contribution in [0.3, 0.4) is 0 Å². The Morgan fingerprint density at radius 3 is 2.24 bits per heavy atom. The van der Waals surface area contributed by atoms with E-state index in [1.807, 2.05) is 0 Å². The summed E-state index contributed by atoms with van der Waals surface area (Å²) in [6, 6.07) is 1.88. The molecule has 0 aliphatic carbocycles. The number of rotatable bonds is 4. The molecule has 114 valence electrons. The monoisotopic (exact) mass is 311 g/mol. The second kappa shape index (κ2) is 5.64. The summed E-state index contributed by atoms with van der Waals surface area (Å²) >= 11 is 0. The van der Waals surface area contributed by atoms with Gasteiger partial charge in [-0.25, -0.2) is 6.57 Å². The molecule has 0 spiro atoms. The third-order valence-corrected chi connectivity index (χ3v) is 2.56. The Morgan fingerprint density at radius 2 is 1.86 bits per heavy atom.